The van der Waals surface area contributed by atoms with Gasteiger partial charge in [0.1, 0.15) is 11.5 Å². The molecule has 1 aromatic carbocycles. The first-order valence-corrected chi connectivity index (χ1v) is 8.94. The standard InChI is InChI=1S/C20H26O3/c1-11(21)16-7-8-17-15-5-3-12-9-13(22)4-6-14(12)19(15)18(23)10-20(16,17)2/h4,6,9,11,15-17,19,21-22H,3,5,7-8,10H2,1-2H3/t11?,15?,16?,17?,19?,20-/m1/s1. The monoisotopic (exact) mass is 314 g/mol. The van der Waals surface area contributed by atoms with Crippen molar-refractivity contribution in [2.45, 2.75) is 58.0 Å². The number of carbonyl (C=O) groups excluding carboxylic acids is 1. The molecule has 0 aliphatic heterocycles. The van der Waals surface area contributed by atoms with E-state index in [1.54, 1.807) is 6.07 Å². The van der Waals surface area contributed by atoms with Crippen LogP contribution in [0.15, 0.2) is 18.2 Å². The third-order valence-electron chi connectivity index (χ3n) is 7.12. The minimum Gasteiger partial charge on any atom is -0.508 e. The van der Waals surface area contributed by atoms with E-state index in [0.717, 1.165) is 36.8 Å². The van der Waals surface area contributed by atoms with Crippen molar-refractivity contribution in [3.05, 3.63) is 29.3 Å². The predicted octanol–water partition coefficient (Wildman–Crippen LogP) is 3.42. The summed E-state index contributed by atoms with van der Waals surface area (Å²) >= 11 is 0. The SMILES string of the molecule is CC(O)C1CCC2C3CCc4cc(O)ccc4C3C(=O)C[C@]12C. The first-order valence-electron chi connectivity index (χ1n) is 8.94. The molecule has 6 atom stereocenters. The number of Topliss-reactive ketones (excluding diaryl/α,β-unsaturated/α-hetero) is 1. The maximum absolute atomic E-state index is 13.0. The highest BCUT2D eigenvalue weighted by Gasteiger charge is 2.58. The molecule has 4 rings (SSSR count). The zero-order valence-electron chi connectivity index (χ0n) is 14.0. The van der Waals surface area contributed by atoms with Gasteiger partial charge in [-0.1, -0.05) is 13.0 Å². The topological polar surface area (TPSA) is 57.5 Å². The Morgan fingerprint density at radius 3 is 2.78 bits per heavy atom. The summed E-state index contributed by atoms with van der Waals surface area (Å²) in [6.07, 6.45) is 4.41. The number of hydrogen-bond donors (Lipinski definition) is 2. The molecule has 0 bridgehead atoms. The molecule has 3 nitrogen and oxygen atoms in total. The molecule has 0 amide bonds. The van der Waals surface area contributed by atoms with Crippen molar-refractivity contribution < 1.29 is 15.0 Å². The molecule has 0 aromatic heterocycles. The van der Waals surface area contributed by atoms with Gasteiger partial charge in [0, 0.05) is 12.3 Å². The molecule has 3 aliphatic carbocycles. The number of rotatable bonds is 1. The number of hydrogen-bond acceptors (Lipinski definition) is 3. The number of benzene rings is 1. The highest BCUT2D eigenvalue weighted by molar-refractivity contribution is 5.88. The van der Waals surface area contributed by atoms with Gasteiger partial charge < -0.3 is 10.2 Å². The summed E-state index contributed by atoms with van der Waals surface area (Å²) in [6, 6.07) is 5.51. The Labute approximate surface area is 137 Å². The number of aryl methyl sites for hydroxylation is 1. The molecular weight excluding hydrogens is 288 g/mol. The maximum Gasteiger partial charge on any atom is 0.141 e. The maximum atomic E-state index is 13.0. The Bertz CT molecular complexity index is 650. The van der Waals surface area contributed by atoms with Crippen LogP contribution in [0.2, 0.25) is 0 Å². The molecule has 5 unspecified atom stereocenters. The summed E-state index contributed by atoms with van der Waals surface area (Å²) in [6.45, 7) is 4.12. The number of carbonyl (C=O) groups is 1. The molecule has 2 fully saturated rings. The molecule has 0 heterocycles. The van der Waals surface area contributed by atoms with E-state index in [0.29, 0.717) is 29.8 Å². The van der Waals surface area contributed by atoms with Gasteiger partial charge in [0.25, 0.3) is 0 Å². The molecule has 3 heteroatoms. The van der Waals surface area contributed by atoms with Crippen molar-refractivity contribution in [1.82, 2.24) is 0 Å². The van der Waals surface area contributed by atoms with Crippen LogP contribution >= 0.6 is 0 Å². The Kier molecular flexibility index (Phi) is 3.35. The minimum absolute atomic E-state index is 0.00479. The molecule has 1 aromatic rings. The van der Waals surface area contributed by atoms with Crippen LogP contribution in [0, 0.1) is 23.2 Å². The lowest BCUT2D eigenvalue weighted by atomic mass is 9.53. The van der Waals surface area contributed by atoms with E-state index in [2.05, 4.69) is 6.92 Å². The van der Waals surface area contributed by atoms with Crippen molar-refractivity contribution in [3.63, 3.8) is 0 Å². The van der Waals surface area contributed by atoms with Crippen molar-refractivity contribution in [2.75, 3.05) is 0 Å². The Balaban J connectivity index is 1.74. The second-order valence-corrected chi connectivity index (χ2v) is 8.24. The van der Waals surface area contributed by atoms with E-state index in [1.807, 2.05) is 19.1 Å². The van der Waals surface area contributed by atoms with E-state index in [9.17, 15) is 15.0 Å². The zero-order chi connectivity index (χ0) is 16.4. The van der Waals surface area contributed by atoms with Gasteiger partial charge in [0.05, 0.1) is 6.10 Å². The van der Waals surface area contributed by atoms with Crippen LogP contribution < -0.4 is 0 Å². The van der Waals surface area contributed by atoms with Crippen molar-refractivity contribution in [3.8, 4) is 5.75 Å². The van der Waals surface area contributed by atoms with Crippen LogP contribution in [0.5, 0.6) is 5.75 Å². The highest BCUT2D eigenvalue weighted by atomic mass is 16.3. The smallest absolute Gasteiger partial charge is 0.141 e. The lowest BCUT2D eigenvalue weighted by Gasteiger charge is -2.50. The molecule has 3 aliphatic rings. The van der Waals surface area contributed by atoms with Crippen LogP contribution in [-0.4, -0.2) is 22.1 Å². The minimum atomic E-state index is -0.331. The van der Waals surface area contributed by atoms with Gasteiger partial charge in [-0.05, 0) is 79.0 Å². The molecule has 2 N–H and O–H groups in total. The van der Waals surface area contributed by atoms with Crippen LogP contribution in [0.1, 0.15) is 56.6 Å². The van der Waals surface area contributed by atoms with Crippen LogP contribution in [-0.2, 0) is 11.2 Å². The number of aliphatic hydroxyl groups excluding tert-OH is 1. The van der Waals surface area contributed by atoms with Crippen molar-refractivity contribution in [2.24, 2.45) is 23.2 Å². The number of ketones is 1. The molecule has 23 heavy (non-hydrogen) atoms. The van der Waals surface area contributed by atoms with E-state index >= 15 is 0 Å². The third-order valence-corrected chi connectivity index (χ3v) is 7.12. The Morgan fingerprint density at radius 2 is 2.04 bits per heavy atom. The number of aliphatic hydroxyl groups is 1. The average Bonchev–Trinajstić information content (AvgIpc) is 2.83. The van der Waals surface area contributed by atoms with Gasteiger partial charge in [-0.25, -0.2) is 0 Å². The lowest BCUT2D eigenvalue weighted by Crippen LogP contribution is -2.48. The highest BCUT2D eigenvalue weighted by Crippen LogP contribution is 2.62. The molecule has 0 saturated heterocycles. The summed E-state index contributed by atoms with van der Waals surface area (Å²) in [7, 11) is 0. The number of phenols is 1. The largest absolute Gasteiger partial charge is 0.508 e. The first kappa shape index (κ1) is 15.2. The second-order valence-electron chi connectivity index (χ2n) is 8.24. The fourth-order valence-corrected chi connectivity index (χ4v) is 6.21. The summed E-state index contributed by atoms with van der Waals surface area (Å²) < 4.78 is 0. The van der Waals surface area contributed by atoms with Gasteiger partial charge in [0.15, 0.2) is 0 Å². The third kappa shape index (κ3) is 2.09. The average molecular weight is 314 g/mol. The molecule has 0 spiro atoms. The summed E-state index contributed by atoms with van der Waals surface area (Å²) in [5.74, 6) is 1.83. The summed E-state index contributed by atoms with van der Waals surface area (Å²) in [5.41, 5.74) is 2.25. The molecular formula is C20H26O3. The van der Waals surface area contributed by atoms with E-state index < -0.39 is 0 Å². The molecule has 124 valence electrons. The van der Waals surface area contributed by atoms with Gasteiger partial charge in [0.2, 0.25) is 0 Å². The number of fused-ring (bicyclic) bond motifs is 5. The van der Waals surface area contributed by atoms with E-state index in [1.165, 1.54) is 0 Å². The number of phenolic OH excluding ortho intramolecular Hbond substituents is 1. The molecule has 2 saturated carbocycles. The van der Waals surface area contributed by atoms with Crippen LogP contribution in [0.25, 0.3) is 0 Å². The van der Waals surface area contributed by atoms with Gasteiger partial charge in [-0.3, -0.25) is 4.79 Å². The quantitative estimate of drug-likeness (QED) is 0.835. The first-order chi connectivity index (χ1) is 10.9. The van der Waals surface area contributed by atoms with Gasteiger partial charge >= 0.3 is 0 Å². The summed E-state index contributed by atoms with van der Waals surface area (Å²) in [4.78, 5) is 13.0. The van der Waals surface area contributed by atoms with Gasteiger partial charge in [-0.15, -0.1) is 0 Å². The van der Waals surface area contributed by atoms with E-state index in [4.69, 9.17) is 0 Å². The zero-order valence-corrected chi connectivity index (χ0v) is 14.0. The van der Waals surface area contributed by atoms with Crippen LogP contribution in [0.3, 0.4) is 0 Å². The van der Waals surface area contributed by atoms with Crippen molar-refractivity contribution in [1.29, 1.82) is 0 Å². The Morgan fingerprint density at radius 1 is 1.26 bits per heavy atom. The lowest BCUT2D eigenvalue weighted by molar-refractivity contribution is -0.133. The van der Waals surface area contributed by atoms with E-state index in [-0.39, 0.29) is 23.4 Å². The fourth-order valence-electron chi connectivity index (χ4n) is 6.21. The Hall–Kier alpha value is -1.35. The van der Waals surface area contributed by atoms with Gasteiger partial charge in [-0.2, -0.15) is 0 Å². The fraction of sp³-hybridized carbons (Fsp3) is 0.650. The van der Waals surface area contributed by atoms with Crippen molar-refractivity contribution >= 4 is 5.78 Å². The number of aromatic hydroxyl groups is 1. The normalized spacial score (nSPS) is 40.2. The van der Waals surface area contributed by atoms with Crippen LogP contribution in [0.4, 0.5) is 0 Å². The summed E-state index contributed by atoms with van der Waals surface area (Å²) in [5, 5.41) is 19.9. The second kappa shape index (κ2) is 5.07. The predicted molar refractivity (Wildman–Crippen MR) is 88.3 cm³/mol. The molecule has 0 radical (unpaired) electrons.